The molecular weight excluding hydrogens is 234 g/mol. The Balaban J connectivity index is 2.03. The lowest BCUT2D eigenvalue weighted by molar-refractivity contribution is 0.340. The van der Waals surface area contributed by atoms with Crippen LogP contribution in [0.5, 0.6) is 5.75 Å². The second-order valence-corrected chi connectivity index (χ2v) is 4.46. The van der Waals surface area contributed by atoms with Crippen molar-refractivity contribution < 1.29 is 4.74 Å². The number of rotatable bonds is 5. The molecule has 2 aromatic rings. The first-order chi connectivity index (χ1) is 8.29. The van der Waals surface area contributed by atoms with Gasteiger partial charge in [0, 0.05) is 17.3 Å². The predicted molar refractivity (Wildman–Crippen MR) is 69.6 cm³/mol. The van der Waals surface area contributed by atoms with Crippen LogP contribution < -0.4 is 10.1 Å². The molecule has 0 spiro atoms. The standard InChI is InChI=1S/C12H15N3OS/c1-3-16-10-5-4-6-13-12(10)14-7-11-15-9(2)8-17-11/h4-6,8H,3,7H2,1-2H3,(H,13,14). The third kappa shape index (κ3) is 3.17. The van der Waals surface area contributed by atoms with E-state index in [1.54, 1.807) is 17.5 Å². The van der Waals surface area contributed by atoms with E-state index in [0.29, 0.717) is 13.2 Å². The van der Waals surface area contributed by atoms with Gasteiger partial charge in [-0.25, -0.2) is 9.97 Å². The van der Waals surface area contributed by atoms with Crippen LogP contribution in [0.1, 0.15) is 17.6 Å². The summed E-state index contributed by atoms with van der Waals surface area (Å²) in [6.07, 6.45) is 1.75. The maximum Gasteiger partial charge on any atom is 0.169 e. The van der Waals surface area contributed by atoms with Crippen molar-refractivity contribution >= 4 is 17.2 Å². The average molecular weight is 249 g/mol. The van der Waals surface area contributed by atoms with Crippen LogP contribution in [0.2, 0.25) is 0 Å². The second-order valence-electron chi connectivity index (χ2n) is 3.52. The summed E-state index contributed by atoms with van der Waals surface area (Å²) in [5.74, 6) is 1.55. The molecule has 0 saturated heterocycles. The van der Waals surface area contributed by atoms with Gasteiger partial charge in [-0.2, -0.15) is 0 Å². The number of aryl methyl sites for hydroxylation is 1. The van der Waals surface area contributed by atoms with Gasteiger partial charge in [0.15, 0.2) is 11.6 Å². The van der Waals surface area contributed by atoms with E-state index in [2.05, 4.69) is 15.3 Å². The summed E-state index contributed by atoms with van der Waals surface area (Å²) in [6, 6.07) is 3.77. The van der Waals surface area contributed by atoms with Crippen LogP contribution in [0.4, 0.5) is 5.82 Å². The number of thiazole rings is 1. The van der Waals surface area contributed by atoms with E-state index in [9.17, 15) is 0 Å². The number of nitrogens with one attached hydrogen (secondary N) is 1. The Kier molecular flexibility index (Phi) is 3.93. The van der Waals surface area contributed by atoms with E-state index in [1.807, 2.05) is 31.4 Å². The van der Waals surface area contributed by atoms with Crippen LogP contribution in [0, 0.1) is 6.92 Å². The van der Waals surface area contributed by atoms with Crippen LogP contribution in [-0.4, -0.2) is 16.6 Å². The minimum Gasteiger partial charge on any atom is -0.490 e. The first-order valence-corrected chi connectivity index (χ1v) is 6.40. The number of ether oxygens (including phenoxy) is 1. The van der Waals surface area contributed by atoms with Crippen LogP contribution in [-0.2, 0) is 6.54 Å². The highest BCUT2D eigenvalue weighted by Gasteiger charge is 2.04. The van der Waals surface area contributed by atoms with Crippen LogP contribution in [0.15, 0.2) is 23.7 Å². The molecule has 4 nitrogen and oxygen atoms in total. The highest BCUT2D eigenvalue weighted by Crippen LogP contribution is 2.21. The Morgan fingerprint density at radius 1 is 1.47 bits per heavy atom. The molecule has 5 heteroatoms. The molecule has 90 valence electrons. The fraction of sp³-hybridized carbons (Fsp3) is 0.333. The average Bonchev–Trinajstić information content (AvgIpc) is 2.74. The number of hydrogen-bond donors (Lipinski definition) is 1. The van der Waals surface area contributed by atoms with E-state index in [0.717, 1.165) is 22.3 Å². The van der Waals surface area contributed by atoms with E-state index in [1.165, 1.54) is 0 Å². The summed E-state index contributed by atoms with van der Waals surface area (Å²) in [6.45, 7) is 5.26. The van der Waals surface area contributed by atoms with Crippen molar-refractivity contribution in [2.75, 3.05) is 11.9 Å². The van der Waals surface area contributed by atoms with Crippen molar-refractivity contribution in [3.05, 3.63) is 34.4 Å². The number of anilines is 1. The molecule has 0 saturated carbocycles. The van der Waals surface area contributed by atoms with Crippen LogP contribution >= 0.6 is 11.3 Å². The lowest BCUT2D eigenvalue weighted by Crippen LogP contribution is -2.04. The fourth-order valence-corrected chi connectivity index (χ4v) is 2.15. The molecule has 0 aliphatic rings. The zero-order valence-electron chi connectivity index (χ0n) is 9.93. The van der Waals surface area contributed by atoms with Crippen molar-refractivity contribution in [1.82, 2.24) is 9.97 Å². The maximum atomic E-state index is 5.49. The number of hydrogen-bond acceptors (Lipinski definition) is 5. The molecular formula is C12H15N3OS. The molecule has 2 aromatic heterocycles. The fourth-order valence-electron chi connectivity index (χ4n) is 1.44. The number of pyridine rings is 1. The topological polar surface area (TPSA) is 47.0 Å². The molecule has 0 bridgehead atoms. The maximum absolute atomic E-state index is 5.49. The van der Waals surface area contributed by atoms with Crippen molar-refractivity contribution in [2.24, 2.45) is 0 Å². The molecule has 0 amide bonds. The monoisotopic (exact) mass is 249 g/mol. The van der Waals surface area contributed by atoms with Gasteiger partial charge in [0.25, 0.3) is 0 Å². The van der Waals surface area contributed by atoms with Gasteiger partial charge in [-0.05, 0) is 26.0 Å². The Hall–Kier alpha value is -1.62. The first kappa shape index (κ1) is 11.9. The Morgan fingerprint density at radius 2 is 2.35 bits per heavy atom. The van der Waals surface area contributed by atoms with Crippen molar-refractivity contribution in [2.45, 2.75) is 20.4 Å². The minimum atomic E-state index is 0.636. The molecule has 2 heterocycles. The molecule has 0 aliphatic carbocycles. The highest BCUT2D eigenvalue weighted by atomic mass is 32.1. The third-order valence-corrected chi connectivity index (χ3v) is 3.11. The molecule has 0 aromatic carbocycles. The van der Waals surface area contributed by atoms with Gasteiger partial charge in [0.2, 0.25) is 0 Å². The van der Waals surface area contributed by atoms with Gasteiger partial charge in [-0.1, -0.05) is 0 Å². The molecule has 0 aliphatic heterocycles. The lowest BCUT2D eigenvalue weighted by Gasteiger charge is -2.09. The van der Waals surface area contributed by atoms with Crippen LogP contribution in [0.25, 0.3) is 0 Å². The van der Waals surface area contributed by atoms with E-state index >= 15 is 0 Å². The van der Waals surface area contributed by atoms with Crippen molar-refractivity contribution in [1.29, 1.82) is 0 Å². The van der Waals surface area contributed by atoms with Crippen molar-refractivity contribution in [3.63, 3.8) is 0 Å². The quantitative estimate of drug-likeness (QED) is 0.885. The summed E-state index contributed by atoms with van der Waals surface area (Å²) in [4.78, 5) is 8.65. The molecule has 0 atom stereocenters. The number of aromatic nitrogens is 2. The van der Waals surface area contributed by atoms with Gasteiger partial charge in [-0.15, -0.1) is 11.3 Å². The summed E-state index contributed by atoms with van der Waals surface area (Å²) < 4.78 is 5.49. The third-order valence-electron chi connectivity index (χ3n) is 2.14. The zero-order chi connectivity index (χ0) is 12.1. The Morgan fingerprint density at radius 3 is 3.06 bits per heavy atom. The molecule has 2 rings (SSSR count). The molecule has 1 N–H and O–H groups in total. The highest BCUT2D eigenvalue weighted by molar-refractivity contribution is 7.09. The van der Waals surface area contributed by atoms with Gasteiger partial charge in [0.05, 0.1) is 13.2 Å². The number of nitrogens with zero attached hydrogens (tertiary/aromatic N) is 2. The molecule has 0 radical (unpaired) electrons. The van der Waals surface area contributed by atoms with E-state index in [4.69, 9.17) is 4.74 Å². The van der Waals surface area contributed by atoms with E-state index < -0.39 is 0 Å². The zero-order valence-corrected chi connectivity index (χ0v) is 10.8. The Bertz CT molecular complexity index is 484. The Labute approximate surface area is 105 Å². The van der Waals surface area contributed by atoms with Gasteiger partial charge >= 0.3 is 0 Å². The summed E-state index contributed by atoms with van der Waals surface area (Å²) in [5.41, 5.74) is 1.05. The van der Waals surface area contributed by atoms with Crippen molar-refractivity contribution in [3.8, 4) is 5.75 Å². The largest absolute Gasteiger partial charge is 0.490 e. The summed E-state index contributed by atoms with van der Waals surface area (Å²) >= 11 is 1.65. The smallest absolute Gasteiger partial charge is 0.169 e. The first-order valence-electron chi connectivity index (χ1n) is 5.52. The van der Waals surface area contributed by atoms with E-state index in [-0.39, 0.29) is 0 Å². The SMILES string of the molecule is CCOc1cccnc1NCc1nc(C)cs1. The molecule has 17 heavy (non-hydrogen) atoms. The predicted octanol–water partition coefficient (Wildman–Crippen LogP) is 2.86. The minimum absolute atomic E-state index is 0.636. The molecule has 0 fully saturated rings. The van der Waals surface area contributed by atoms with Gasteiger partial charge in [0.1, 0.15) is 5.01 Å². The van der Waals surface area contributed by atoms with Gasteiger partial charge < -0.3 is 10.1 Å². The lowest BCUT2D eigenvalue weighted by atomic mass is 10.4. The molecule has 0 unspecified atom stereocenters. The van der Waals surface area contributed by atoms with Gasteiger partial charge in [-0.3, -0.25) is 0 Å². The normalized spacial score (nSPS) is 10.2. The summed E-state index contributed by atoms with van der Waals surface area (Å²) in [5, 5.41) is 6.33. The van der Waals surface area contributed by atoms with Crippen LogP contribution in [0.3, 0.4) is 0 Å². The summed E-state index contributed by atoms with van der Waals surface area (Å²) in [7, 11) is 0. The second kappa shape index (κ2) is 5.63.